The summed E-state index contributed by atoms with van der Waals surface area (Å²) in [6.45, 7) is 7.65. The maximum atomic E-state index is 4.77. The van der Waals surface area contributed by atoms with Crippen molar-refractivity contribution in [3.63, 3.8) is 0 Å². The highest BCUT2D eigenvalue weighted by Gasteiger charge is 2.28. The lowest BCUT2D eigenvalue weighted by Gasteiger charge is -2.18. The summed E-state index contributed by atoms with van der Waals surface area (Å²) in [5.41, 5.74) is 1.13. The van der Waals surface area contributed by atoms with Crippen molar-refractivity contribution in [3.8, 4) is 0 Å². The molecule has 0 amide bonds. The number of hydrogen-bond acceptors (Lipinski definition) is 4. The fraction of sp³-hybridized carbons (Fsp3) is 0.765. The van der Waals surface area contributed by atoms with Crippen LogP contribution in [0.5, 0.6) is 0 Å². The van der Waals surface area contributed by atoms with Gasteiger partial charge < -0.3 is 10.6 Å². The third-order valence-electron chi connectivity index (χ3n) is 4.44. The first kappa shape index (κ1) is 16.1. The molecular formula is C17H30N4. The largest absolute Gasteiger partial charge is 0.373 e. The highest BCUT2D eigenvalue weighted by Crippen LogP contribution is 2.39. The molecule has 0 saturated heterocycles. The second-order valence-electron chi connectivity index (χ2n) is 6.23. The van der Waals surface area contributed by atoms with Crippen LogP contribution in [0.1, 0.15) is 69.7 Å². The molecule has 1 aliphatic rings. The summed E-state index contributed by atoms with van der Waals surface area (Å²) < 4.78 is 0. The van der Waals surface area contributed by atoms with E-state index in [2.05, 4.69) is 36.4 Å². The highest BCUT2D eigenvalue weighted by molar-refractivity contribution is 5.57. The molecule has 21 heavy (non-hydrogen) atoms. The Morgan fingerprint density at radius 3 is 2.48 bits per heavy atom. The van der Waals surface area contributed by atoms with Gasteiger partial charge in [-0.2, -0.15) is 0 Å². The van der Waals surface area contributed by atoms with Crippen LogP contribution >= 0.6 is 0 Å². The van der Waals surface area contributed by atoms with E-state index in [1.807, 2.05) is 7.05 Å². The Morgan fingerprint density at radius 2 is 1.90 bits per heavy atom. The summed E-state index contributed by atoms with van der Waals surface area (Å²) in [4.78, 5) is 9.42. The summed E-state index contributed by atoms with van der Waals surface area (Å²) in [7, 11) is 1.94. The Morgan fingerprint density at radius 1 is 1.19 bits per heavy atom. The summed E-state index contributed by atoms with van der Waals surface area (Å²) >= 11 is 0. The van der Waals surface area contributed by atoms with E-state index in [0.717, 1.165) is 35.5 Å². The lowest BCUT2D eigenvalue weighted by Crippen LogP contribution is -2.16. The van der Waals surface area contributed by atoms with Crippen LogP contribution in [0.3, 0.4) is 0 Å². The van der Waals surface area contributed by atoms with Gasteiger partial charge in [-0.25, -0.2) is 9.97 Å². The number of anilines is 2. The Bertz CT molecular complexity index is 454. The first-order chi connectivity index (χ1) is 10.2. The molecule has 0 radical (unpaired) electrons. The topological polar surface area (TPSA) is 49.8 Å². The summed E-state index contributed by atoms with van der Waals surface area (Å²) in [5, 5.41) is 6.78. The molecule has 1 fully saturated rings. The molecule has 0 aromatic carbocycles. The number of aromatic nitrogens is 2. The molecule has 1 heterocycles. The molecule has 4 nitrogen and oxygen atoms in total. The van der Waals surface area contributed by atoms with Gasteiger partial charge in [0, 0.05) is 25.1 Å². The highest BCUT2D eigenvalue weighted by atomic mass is 15.1. The van der Waals surface area contributed by atoms with Crippen molar-refractivity contribution >= 4 is 11.6 Å². The molecule has 0 spiro atoms. The molecule has 118 valence electrons. The van der Waals surface area contributed by atoms with Gasteiger partial charge in [-0.05, 0) is 32.1 Å². The van der Waals surface area contributed by atoms with Crippen LogP contribution in [0.25, 0.3) is 0 Å². The van der Waals surface area contributed by atoms with Gasteiger partial charge >= 0.3 is 0 Å². The average Bonchev–Trinajstić information content (AvgIpc) is 3.33. The minimum absolute atomic E-state index is 0.584. The van der Waals surface area contributed by atoms with Crippen molar-refractivity contribution in [3.05, 3.63) is 11.4 Å². The first-order valence-electron chi connectivity index (χ1n) is 8.49. The first-order valence-corrected chi connectivity index (χ1v) is 8.49. The van der Waals surface area contributed by atoms with Gasteiger partial charge in [-0.1, -0.05) is 33.1 Å². The van der Waals surface area contributed by atoms with E-state index >= 15 is 0 Å². The Balaban J connectivity index is 2.05. The molecule has 1 aromatic rings. The molecule has 1 atom stereocenters. The lowest BCUT2D eigenvalue weighted by atomic mass is 9.99. The maximum Gasteiger partial charge on any atom is 0.136 e. The molecule has 0 bridgehead atoms. The van der Waals surface area contributed by atoms with Crippen molar-refractivity contribution in [2.75, 3.05) is 24.2 Å². The van der Waals surface area contributed by atoms with Crippen LogP contribution < -0.4 is 10.6 Å². The van der Waals surface area contributed by atoms with E-state index in [9.17, 15) is 0 Å². The van der Waals surface area contributed by atoms with Gasteiger partial charge in [0.1, 0.15) is 17.5 Å². The molecular weight excluding hydrogens is 260 g/mol. The Labute approximate surface area is 129 Å². The van der Waals surface area contributed by atoms with Crippen LogP contribution in [0.4, 0.5) is 11.6 Å². The normalized spacial score (nSPS) is 15.8. The van der Waals surface area contributed by atoms with E-state index in [4.69, 9.17) is 4.98 Å². The fourth-order valence-corrected chi connectivity index (χ4v) is 2.66. The molecule has 2 N–H and O–H groups in total. The number of hydrogen-bond donors (Lipinski definition) is 2. The van der Waals surface area contributed by atoms with Crippen molar-refractivity contribution < 1.29 is 0 Å². The third-order valence-corrected chi connectivity index (χ3v) is 4.44. The standard InChI is InChI=1S/C17H30N4/c1-5-7-8-13(6-2)11-19-16-12(3)15(18-4)20-17(21-16)14-9-10-14/h13-14H,5-11H2,1-4H3,(H2,18,19,20,21). The minimum Gasteiger partial charge on any atom is -0.373 e. The second-order valence-corrected chi connectivity index (χ2v) is 6.23. The predicted octanol–water partition coefficient (Wildman–Crippen LogP) is 4.33. The van der Waals surface area contributed by atoms with E-state index < -0.39 is 0 Å². The summed E-state index contributed by atoms with van der Waals surface area (Å²) in [6.07, 6.45) is 7.60. The molecule has 1 aromatic heterocycles. The lowest BCUT2D eigenvalue weighted by molar-refractivity contribution is 0.472. The molecule has 4 heteroatoms. The molecule has 2 rings (SSSR count). The van der Waals surface area contributed by atoms with E-state index in [1.165, 1.54) is 38.5 Å². The quantitative estimate of drug-likeness (QED) is 0.710. The molecule has 0 aliphatic heterocycles. The monoisotopic (exact) mass is 290 g/mol. The zero-order chi connectivity index (χ0) is 15.2. The zero-order valence-corrected chi connectivity index (χ0v) is 14.0. The smallest absolute Gasteiger partial charge is 0.136 e. The summed E-state index contributed by atoms with van der Waals surface area (Å²) in [6, 6.07) is 0. The SMILES string of the molecule is CCCCC(CC)CNc1nc(C2CC2)nc(NC)c1C. The van der Waals surface area contributed by atoms with Gasteiger partial charge in [0.05, 0.1) is 0 Å². The Kier molecular flexibility index (Phi) is 5.83. The molecule has 1 aliphatic carbocycles. The number of nitrogens with zero attached hydrogens (tertiary/aromatic N) is 2. The van der Waals surface area contributed by atoms with E-state index in [1.54, 1.807) is 0 Å². The van der Waals surface area contributed by atoms with Crippen LogP contribution in [-0.4, -0.2) is 23.6 Å². The number of rotatable bonds is 9. The zero-order valence-electron chi connectivity index (χ0n) is 14.0. The van der Waals surface area contributed by atoms with Gasteiger partial charge in [0.15, 0.2) is 0 Å². The van der Waals surface area contributed by atoms with Crippen molar-refractivity contribution in [1.29, 1.82) is 0 Å². The van der Waals surface area contributed by atoms with Crippen molar-refractivity contribution in [2.24, 2.45) is 5.92 Å². The van der Waals surface area contributed by atoms with Crippen LogP contribution in [-0.2, 0) is 0 Å². The Hall–Kier alpha value is -1.32. The van der Waals surface area contributed by atoms with Crippen molar-refractivity contribution in [1.82, 2.24) is 9.97 Å². The van der Waals surface area contributed by atoms with Gasteiger partial charge in [-0.3, -0.25) is 0 Å². The van der Waals surface area contributed by atoms with Crippen molar-refractivity contribution in [2.45, 2.75) is 65.2 Å². The van der Waals surface area contributed by atoms with Gasteiger partial charge in [-0.15, -0.1) is 0 Å². The van der Waals surface area contributed by atoms with Crippen LogP contribution in [0.15, 0.2) is 0 Å². The van der Waals surface area contributed by atoms with Gasteiger partial charge in [0.2, 0.25) is 0 Å². The summed E-state index contributed by atoms with van der Waals surface area (Å²) in [5.74, 6) is 4.32. The average molecular weight is 290 g/mol. The predicted molar refractivity (Wildman–Crippen MR) is 90.1 cm³/mol. The number of unbranched alkanes of at least 4 members (excludes halogenated alkanes) is 1. The molecule has 1 saturated carbocycles. The maximum absolute atomic E-state index is 4.77. The van der Waals surface area contributed by atoms with E-state index in [0.29, 0.717) is 5.92 Å². The minimum atomic E-state index is 0.584. The molecule has 1 unspecified atom stereocenters. The number of nitrogens with one attached hydrogen (secondary N) is 2. The van der Waals surface area contributed by atoms with Crippen LogP contribution in [0, 0.1) is 12.8 Å². The van der Waals surface area contributed by atoms with Crippen LogP contribution in [0.2, 0.25) is 0 Å². The second kappa shape index (κ2) is 7.62. The van der Waals surface area contributed by atoms with Gasteiger partial charge in [0.25, 0.3) is 0 Å². The van der Waals surface area contributed by atoms with E-state index in [-0.39, 0.29) is 0 Å². The fourth-order valence-electron chi connectivity index (χ4n) is 2.66. The third kappa shape index (κ3) is 4.32.